The zero-order valence-electron chi connectivity index (χ0n) is 13.2. The van der Waals surface area contributed by atoms with Crippen LogP contribution in [0.4, 0.5) is 9.18 Å². The van der Waals surface area contributed by atoms with Crippen molar-refractivity contribution in [3.8, 4) is 0 Å². The lowest BCUT2D eigenvalue weighted by Crippen LogP contribution is -2.43. The molecule has 1 N–H and O–H groups in total. The molecule has 2 saturated heterocycles. The molecule has 0 saturated carbocycles. The molecule has 1 aromatic rings. The normalized spacial score (nSPS) is 22.3. The predicted octanol–water partition coefficient (Wildman–Crippen LogP) is 3.25. The molecule has 4 nitrogen and oxygen atoms in total. The zero-order valence-corrected chi connectivity index (χ0v) is 14.0. The summed E-state index contributed by atoms with van der Waals surface area (Å²) in [5.74, 6) is -0.384. The number of carbonyl (C=O) groups excluding carboxylic acids is 1. The molecule has 0 aliphatic carbocycles. The monoisotopic (exact) mass is 339 g/mol. The molecule has 2 aliphatic heterocycles. The summed E-state index contributed by atoms with van der Waals surface area (Å²) in [5, 5.41) is 3.14. The Labute approximate surface area is 141 Å². The Morgan fingerprint density at radius 1 is 1.26 bits per heavy atom. The Morgan fingerprint density at radius 2 is 2.04 bits per heavy atom. The topological polar surface area (TPSA) is 35.6 Å². The lowest BCUT2D eigenvalue weighted by atomic mass is 10.1. The summed E-state index contributed by atoms with van der Waals surface area (Å²) in [6, 6.07) is 4.89. The number of likely N-dealkylation sites (tertiary alicyclic amines) is 2. The van der Waals surface area contributed by atoms with Gasteiger partial charge in [-0.05, 0) is 44.5 Å². The number of nitrogens with zero attached hydrogens (tertiary/aromatic N) is 2. The van der Waals surface area contributed by atoms with Crippen molar-refractivity contribution >= 4 is 17.6 Å². The van der Waals surface area contributed by atoms with E-state index in [0.717, 1.165) is 32.6 Å². The second kappa shape index (κ2) is 7.49. The van der Waals surface area contributed by atoms with Gasteiger partial charge >= 0.3 is 6.03 Å². The molecular weight excluding hydrogens is 317 g/mol. The molecule has 23 heavy (non-hydrogen) atoms. The predicted molar refractivity (Wildman–Crippen MR) is 89.0 cm³/mol. The number of hydrogen-bond acceptors (Lipinski definition) is 2. The van der Waals surface area contributed by atoms with Gasteiger partial charge in [0.1, 0.15) is 5.82 Å². The SMILES string of the molecule is O=C(NCc1c(F)cccc1Cl)N1CC[C@@H](N2CCCCC2)C1. The molecule has 1 atom stereocenters. The van der Waals surface area contributed by atoms with E-state index in [2.05, 4.69) is 10.2 Å². The van der Waals surface area contributed by atoms with Gasteiger partial charge in [-0.15, -0.1) is 0 Å². The van der Waals surface area contributed by atoms with E-state index in [9.17, 15) is 9.18 Å². The first-order valence-electron chi connectivity index (χ1n) is 8.35. The third-order valence-corrected chi connectivity index (χ3v) is 5.19. The maximum absolute atomic E-state index is 13.7. The summed E-state index contributed by atoms with van der Waals surface area (Å²) < 4.78 is 13.7. The summed E-state index contributed by atoms with van der Waals surface area (Å²) >= 11 is 5.99. The molecule has 1 aromatic carbocycles. The van der Waals surface area contributed by atoms with Crippen molar-refractivity contribution in [3.63, 3.8) is 0 Å². The highest BCUT2D eigenvalue weighted by atomic mass is 35.5. The van der Waals surface area contributed by atoms with Crippen molar-refractivity contribution in [3.05, 3.63) is 34.6 Å². The van der Waals surface area contributed by atoms with Gasteiger partial charge in [0.15, 0.2) is 0 Å². The summed E-state index contributed by atoms with van der Waals surface area (Å²) in [4.78, 5) is 16.6. The van der Waals surface area contributed by atoms with Crippen LogP contribution in [0.5, 0.6) is 0 Å². The third kappa shape index (κ3) is 3.96. The first kappa shape index (κ1) is 16.5. The second-order valence-corrected chi connectivity index (χ2v) is 6.75. The van der Waals surface area contributed by atoms with Crippen LogP contribution < -0.4 is 5.32 Å². The van der Waals surface area contributed by atoms with Crippen LogP contribution in [-0.4, -0.2) is 48.1 Å². The fourth-order valence-electron chi connectivity index (χ4n) is 3.48. The molecule has 0 spiro atoms. The number of benzene rings is 1. The highest BCUT2D eigenvalue weighted by Gasteiger charge is 2.30. The van der Waals surface area contributed by atoms with E-state index in [1.807, 2.05) is 4.90 Å². The fourth-order valence-corrected chi connectivity index (χ4v) is 3.71. The van der Waals surface area contributed by atoms with Gasteiger partial charge < -0.3 is 10.2 Å². The molecule has 6 heteroatoms. The van der Waals surface area contributed by atoms with E-state index >= 15 is 0 Å². The third-order valence-electron chi connectivity index (χ3n) is 4.84. The molecule has 2 heterocycles. The minimum atomic E-state index is -0.384. The molecule has 0 bridgehead atoms. The van der Waals surface area contributed by atoms with Crippen LogP contribution in [0, 0.1) is 5.82 Å². The van der Waals surface area contributed by atoms with Crippen LogP contribution in [-0.2, 0) is 6.54 Å². The Morgan fingerprint density at radius 3 is 2.78 bits per heavy atom. The Kier molecular flexibility index (Phi) is 5.38. The fraction of sp³-hybridized carbons (Fsp3) is 0.588. The van der Waals surface area contributed by atoms with Crippen molar-refractivity contribution < 1.29 is 9.18 Å². The van der Waals surface area contributed by atoms with Gasteiger partial charge in [0.05, 0.1) is 0 Å². The number of carbonyl (C=O) groups is 1. The zero-order chi connectivity index (χ0) is 16.2. The van der Waals surface area contributed by atoms with E-state index in [0.29, 0.717) is 16.6 Å². The van der Waals surface area contributed by atoms with E-state index in [1.165, 1.54) is 25.3 Å². The summed E-state index contributed by atoms with van der Waals surface area (Å²) in [6.45, 7) is 3.93. The smallest absolute Gasteiger partial charge is 0.317 e. The Hall–Kier alpha value is -1.33. The molecule has 0 aromatic heterocycles. The Bertz CT molecular complexity index is 543. The molecule has 0 radical (unpaired) electrons. The largest absolute Gasteiger partial charge is 0.334 e. The number of piperidine rings is 1. The van der Waals surface area contributed by atoms with Crippen molar-refractivity contribution in [2.24, 2.45) is 0 Å². The van der Waals surface area contributed by atoms with Crippen molar-refractivity contribution in [1.82, 2.24) is 15.1 Å². The second-order valence-electron chi connectivity index (χ2n) is 6.34. The van der Waals surface area contributed by atoms with Crippen LogP contribution in [0.15, 0.2) is 18.2 Å². The highest BCUT2D eigenvalue weighted by molar-refractivity contribution is 6.31. The van der Waals surface area contributed by atoms with Gasteiger partial charge in [0.2, 0.25) is 0 Å². The summed E-state index contributed by atoms with van der Waals surface area (Å²) in [7, 11) is 0. The number of nitrogens with one attached hydrogen (secondary N) is 1. The van der Waals surface area contributed by atoms with Gasteiger partial charge in [-0.2, -0.15) is 0 Å². The van der Waals surface area contributed by atoms with Gasteiger partial charge in [0.25, 0.3) is 0 Å². The minimum absolute atomic E-state index is 0.120. The van der Waals surface area contributed by atoms with Crippen molar-refractivity contribution in [2.75, 3.05) is 26.2 Å². The highest BCUT2D eigenvalue weighted by Crippen LogP contribution is 2.21. The standard InChI is InChI=1S/C17H23ClFN3O/c18-15-5-4-6-16(19)14(15)11-20-17(23)22-10-7-13(12-22)21-8-2-1-3-9-21/h4-6,13H,1-3,7-12H2,(H,20,23)/t13-/m1/s1. The number of urea groups is 1. The van der Waals surface area contributed by atoms with Crippen LogP contribution >= 0.6 is 11.6 Å². The van der Waals surface area contributed by atoms with E-state index < -0.39 is 0 Å². The molecule has 126 valence electrons. The Balaban J connectivity index is 1.51. The van der Waals surface area contributed by atoms with Gasteiger partial charge in [0, 0.05) is 36.3 Å². The molecule has 2 aliphatic rings. The van der Waals surface area contributed by atoms with Gasteiger partial charge in [-0.25, -0.2) is 9.18 Å². The maximum atomic E-state index is 13.7. The molecule has 2 fully saturated rings. The van der Waals surface area contributed by atoms with Crippen LogP contribution in [0.25, 0.3) is 0 Å². The quantitative estimate of drug-likeness (QED) is 0.917. The molecule has 0 unspecified atom stereocenters. The lowest BCUT2D eigenvalue weighted by molar-refractivity contribution is 0.161. The van der Waals surface area contributed by atoms with E-state index in [1.54, 1.807) is 12.1 Å². The summed E-state index contributed by atoms with van der Waals surface area (Å²) in [5.41, 5.74) is 0.342. The lowest BCUT2D eigenvalue weighted by Gasteiger charge is -2.32. The number of amides is 2. The molecule has 3 rings (SSSR count). The molecular formula is C17H23ClFN3O. The van der Waals surface area contributed by atoms with Crippen molar-refractivity contribution in [1.29, 1.82) is 0 Å². The van der Waals surface area contributed by atoms with Crippen LogP contribution in [0.2, 0.25) is 5.02 Å². The molecule has 2 amide bonds. The van der Waals surface area contributed by atoms with Crippen LogP contribution in [0.3, 0.4) is 0 Å². The maximum Gasteiger partial charge on any atom is 0.317 e. The van der Waals surface area contributed by atoms with Gasteiger partial charge in [-0.3, -0.25) is 4.90 Å². The van der Waals surface area contributed by atoms with E-state index in [-0.39, 0.29) is 18.4 Å². The van der Waals surface area contributed by atoms with Crippen LogP contribution in [0.1, 0.15) is 31.2 Å². The average molecular weight is 340 g/mol. The van der Waals surface area contributed by atoms with Crippen molar-refractivity contribution in [2.45, 2.75) is 38.3 Å². The average Bonchev–Trinajstić information content (AvgIpc) is 3.05. The van der Waals surface area contributed by atoms with Gasteiger partial charge in [-0.1, -0.05) is 24.1 Å². The first-order valence-corrected chi connectivity index (χ1v) is 8.72. The number of rotatable bonds is 3. The number of hydrogen-bond donors (Lipinski definition) is 1. The number of halogens is 2. The first-order chi connectivity index (χ1) is 11.1. The minimum Gasteiger partial charge on any atom is -0.334 e. The summed E-state index contributed by atoms with van der Waals surface area (Å²) in [6.07, 6.45) is 4.85. The van der Waals surface area contributed by atoms with E-state index in [4.69, 9.17) is 11.6 Å².